The number of aryl methyl sites for hydroxylation is 1. The molecule has 1 aromatic rings. The van der Waals surface area contributed by atoms with Gasteiger partial charge in [0.1, 0.15) is 11.6 Å². The van der Waals surface area contributed by atoms with E-state index in [0.717, 1.165) is 18.4 Å². The standard InChI is InChI=1S/C11H16FNO/c1-8(13)3-4-9-5-6-10(12)7-11(9)14-2/h5-8H,3-4,13H2,1-2H3/t8-/m0/s1. The van der Waals surface area contributed by atoms with Crippen LogP contribution < -0.4 is 10.5 Å². The smallest absolute Gasteiger partial charge is 0.126 e. The van der Waals surface area contributed by atoms with Gasteiger partial charge in [0.25, 0.3) is 0 Å². The molecule has 0 fully saturated rings. The van der Waals surface area contributed by atoms with Crippen LogP contribution in [0.15, 0.2) is 18.2 Å². The maximum Gasteiger partial charge on any atom is 0.126 e. The summed E-state index contributed by atoms with van der Waals surface area (Å²) in [6.07, 6.45) is 1.70. The first-order chi connectivity index (χ1) is 6.63. The fourth-order valence-corrected chi connectivity index (χ4v) is 1.31. The quantitative estimate of drug-likeness (QED) is 0.802. The summed E-state index contributed by atoms with van der Waals surface area (Å²) in [7, 11) is 1.55. The molecular formula is C11H16FNO. The molecule has 0 radical (unpaired) electrons. The zero-order valence-electron chi connectivity index (χ0n) is 8.59. The van der Waals surface area contributed by atoms with Gasteiger partial charge in [-0.25, -0.2) is 4.39 Å². The Labute approximate surface area is 83.9 Å². The molecule has 0 bridgehead atoms. The third-order valence-electron chi connectivity index (χ3n) is 2.12. The summed E-state index contributed by atoms with van der Waals surface area (Å²) in [6, 6.07) is 4.75. The maximum atomic E-state index is 12.8. The average molecular weight is 197 g/mol. The van der Waals surface area contributed by atoms with Gasteiger partial charge in [-0.2, -0.15) is 0 Å². The molecule has 3 heteroatoms. The zero-order chi connectivity index (χ0) is 10.6. The molecule has 0 spiro atoms. The average Bonchev–Trinajstić information content (AvgIpc) is 2.15. The number of rotatable bonds is 4. The minimum atomic E-state index is -0.272. The van der Waals surface area contributed by atoms with Crippen molar-refractivity contribution in [3.8, 4) is 5.75 Å². The van der Waals surface area contributed by atoms with Crippen LogP contribution in [0.1, 0.15) is 18.9 Å². The van der Waals surface area contributed by atoms with Gasteiger partial charge in [0.15, 0.2) is 0 Å². The normalized spacial score (nSPS) is 12.6. The van der Waals surface area contributed by atoms with E-state index in [-0.39, 0.29) is 11.9 Å². The predicted octanol–water partition coefficient (Wildman–Crippen LogP) is 2.11. The van der Waals surface area contributed by atoms with E-state index in [1.165, 1.54) is 12.1 Å². The second-order valence-corrected chi connectivity index (χ2v) is 3.47. The molecule has 0 unspecified atom stereocenters. The summed E-state index contributed by atoms with van der Waals surface area (Å²) < 4.78 is 17.9. The Morgan fingerprint density at radius 2 is 2.21 bits per heavy atom. The highest BCUT2D eigenvalue weighted by Gasteiger charge is 2.05. The van der Waals surface area contributed by atoms with Gasteiger partial charge >= 0.3 is 0 Å². The summed E-state index contributed by atoms with van der Waals surface area (Å²) in [6.45, 7) is 1.95. The van der Waals surface area contributed by atoms with Gasteiger partial charge in [0.2, 0.25) is 0 Å². The van der Waals surface area contributed by atoms with Crippen LogP contribution in [-0.4, -0.2) is 13.2 Å². The molecule has 1 atom stereocenters. The van der Waals surface area contributed by atoms with Crippen LogP contribution in [0.5, 0.6) is 5.75 Å². The van der Waals surface area contributed by atoms with Crippen LogP contribution >= 0.6 is 0 Å². The van der Waals surface area contributed by atoms with E-state index in [1.54, 1.807) is 13.2 Å². The molecule has 0 heterocycles. The Hall–Kier alpha value is -1.09. The van der Waals surface area contributed by atoms with Gasteiger partial charge in [0.05, 0.1) is 7.11 Å². The van der Waals surface area contributed by atoms with Crippen molar-refractivity contribution < 1.29 is 9.13 Å². The Balaban J connectivity index is 2.75. The summed E-state index contributed by atoms with van der Waals surface area (Å²) in [5, 5.41) is 0. The van der Waals surface area contributed by atoms with Gasteiger partial charge in [-0.3, -0.25) is 0 Å². The molecule has 0 saturated heterocycles. The van der Waals surface area contributed by atoms with Gasteiger partial charge < -0.3 is 10.5 Å². The third-order valence-corrected chi connectivity index (χ3v) is 2.12. The SMILES string of the molecule is COc1cc(F)ccc1CC[C@H](C)N. The number of nitrogens with two attached hydrogens (primary N) is 1. The summed E-state index contributed by atoms with van der Waals surface area (Å²) in [5.74, 6) is 0.331. The minimum Gasteiger partial charge on any atom is -0.496 e. The monoisotopic (exact) mass is 197 g/mol. The van der Waals surface area contributed by atoms with E-state index in [1.807, 2.05) is 6.92 Å². The van der Waals surface area contributed by atoms with Crippen LogP contribution in [-0.2, 0) is 6.42 Å². The van der Waals surface area contributed by atoms with Gasteiger partial charge in [-0.1, -0.05) is 6.07 Å². The van der Waals surface area contributed by atoms with Gasteiger partial charge in [-0.15, -0.1) is 0 Å². The minimum absolute atomic E-state index is 0.157. The van der Waals surface area contributed by atoms with Crippen LogP contribution in [0, 0.1) is 5.82 Å². The first-order valence-electron chi connectivity index (χ1n) is 4.71. The summed E-state index contributed by atoms with van der Waals surface area (Å²) >= 11 is 0. The van der Waals surface area contributed by atoms with Crippen molar-refractivity contribution in [1.29, 1.82) is 0 Å². The molecule has 0 amide bonds. The van der Waals surface area contributed by atoms with Crippen molar-refractivity contribution >= 4 is 0 Å². The highest BCUT2D eigenvalue weighted by molar-refractivity contribution is 5.34. The van der Waals surface area contributed by atoms with E-state index in [4.69, 9.17) is 10.5 Å². The fourth-order valence-electron chi connectivity index (χ4n) is 1.31. The molecule has 14 heavy (non-hydrogen) atoms. The molecular weight excluding hydrogens is 181 g/mol. The first-order valence-corrected chi connectivity index (χ1v) is 4.71. The van der Waals surface area contributed by atoms with E-state index >= 15 is 0 Å². The molecule has 0 aliphatic carbocycles. The lowest BCUT2D eigenvalue weighted by molar-refractivity contribution is 0.405. The predicted molar refractivity (Wildman–Crippen MR) is 54.9 cm³/mol. The zero-order valence-corrected chi connectivity index (χ0v) is 8.59. The van der Waals surface area contributed by atoms with E-state index in [9.17, 15) is 4.39 Å². The number of halogens is 1. The summed E-state index contributed by atoms with van der Waals surface area (Å²) in [5.41, 5.74) is 6.65. The maximum absolute atomic E-state index is 12.8. The Bertz CT molecular complexity index is 299. The second-order valence-electron chi connectivity index (χ2n) is 3.47. The first kappa shape index (κ1) is 11.0. The Kier molecular flexibility index (Phi) is 3.89. The number of benzene rings is 1. The molecule has 0 aliphatic rings. The van der Waals surface area contributed by atoms with Crippen LogP contribution in [0.25, 0.3) is 0 Å². The van der Waals surface area contributed by atoms with Crippen molar-refractivity contribution in [2.75, 3.05) is 7.11 Å². The highest BCUT2D eigenvalue weighted by atomic mass is 19.1. The van der Waals surface area contributed by atoms with Crippen LogP contribution in [0.3, 0.4) is 0 Å². The van der Waals surface area contributed by atoms with E-state index in [2.05, 4.69) is 0 Å². The molecule has 2 nitrogen and oxygen atoms in total. The summed E-state index contributed by atoms with van der Waals surface area (Å²) in [4.78, 5) is 0. The van der Waals surface area contributed by atoms with Gasteiger partial charge in [0, 0.05) is 12.1 Å². The number of hydrogen-bond donors (Lipinski definition) is 1. The molecule has 1 aromatic carbocycles. The molecule has 0 aliphatic heterocycles. The van der Waals surface area contributed by atoms with Crippen molar-refractivity contribution in [3.63, 3.8) is 0 Å². The number of hydrogen-bond acceptors (Lipinski definition) is 2. The second kappa shape index (κ2) is 4.96. The molecule has 78 valence electrons. The molecule has 1 rings (SSSR count). The largest absolute Gasteiger partial charge is 0.496 e. The highest BCUT2D eigenvalue weighted by Crippen LogP contribution is 2.21. The Morgan fingerprint density at radius 3 is 2.79 bits per heavy atom. The third kappa shape index (κ3) is 3.00. The molecule has 2 N–H and O–H groups in total. The van der Waals surface area contributed by atoms with Crippen molar-refractivity contribution in [3.05, 3.63) is 29.6 Å². The topological polar surface area (TPSA) is 35.2 Å². The fraction of sp³-hybridized carbons (Fsp3) is 0.455. The van der Waals surface area contributed by atoms with Crippen molar-refractivity contribution in [1.82, 2.24) is 0 Å². The van der Waals surface area contributed by atoms with E-state index < -0.39 is 0 Å². The van der Waals surface area contributed by atoms with Crippen molar-refractivity contribution in [2.24, 2.45) is 5.73 Å². The lowest BCUT2D eigenvalue weighted by Gasteiger charge is -2.09. The van der Waals surface area contributed by atoms with Gasteiger partial charge in [-0.05, 0) is 31.4 Å². The van der Waals surface area contributed by atoms with Crippen LogP contribution in [0.2, 0.25) is 0 Å². The number of ether oxygens (including phenoxy) is 1. The Morgan fingerprint density at radius 1 is 1.50 bits per heavy atom. The number of methoxy groups -OCH3 is 1. The lowest BCUT2D eigenvalue weighted by atomic mass is 10.1. The van der Waals surface area contributed by atoms with Crippen LogP contribution in [0.4, 0.5) is 4.39 Å². The van der Waals surface area contributed by atoms with Crippen molar-refractivity contribution in [2.45, 2.75) is 25.8 Å². The lowest BCUT2D eigenvalue weighted by Crippen LogP contribution is -2.15. The van der Waals surface area contributed by atoms with E-state index in [0.29, 0.717) is 5.75 Å². The molecule has 0 aromatic heterocycles. The molecule has 0 saturated carbocycles.